The molecule has 0 unspecified atom stereocenters. The van der Waals surface area contributed by atoms with Gasteiger partial charge >= 0.3 is 5.97 Å². The minimum absolute atomic E-state index is 0.0785. The normalized spacial score (nSPS) is 11.0. The van der Waals surface area contributed by atoms with Crippen molar-refractivity contribution >= 4 is 28.6 Å². The van der Waals surface area contributed by atoms with Crippen LogP contribution in [0.1, 0.15) is 25.6 Å². The van der Waals surface area contributed by atoms with Crippen molar-refractivity contribution in [2.45, 2.75) is 32.2 Å². The van der Waals surface area contributed by atoms with Crippen molar-refractivity contribution in [1.82, 2.24) is 9.55 Å². The third kappa shape index (κ3) is 3.50. The van der Waals surface area contributed by atoms with Crippen LogP contribution in [0.2, 0.25) is 0 Å². The number of benzene rings is 1. The Balaban J connectivity index is 2.23. The Kier molecular flexibility index (Phi) is 5.12. The summed E-state index contributed by atoms with van der Waals surface area (Å²) in [6, 6.07) is 2.00. The van der Waals surface area contributed by atoms with Crippen molar-refractivity contribution in [3.8, 4) is 0 Å². The summed E-state index contributed by atoms with van der Waals surface area (Å²) in [5.41, 5.74) is 0.426. The highest BCUT2D eigenvalue weighted by Crippen LogP contribution is 2.22. The largest absolute Gasteiger partial charge is 0.466 e. The third-order valence-corrected chi connectivity index (χ3v) is 3.28. The highest BCUT2D eigenvalue weighted by molar-refractivity contribution is 6.16. The van der Waals surface area contributed by atoms with Gasteiger partial charge in [0, 0.05) is 19.0 Å². The van der Waals surface area contributed by atoms with Gasteiger partial charge in [0.15, 0.2) is 5.82 Å². The average Bonchev–Trinajstić information content (AvgIpc) is 2.78. The first-order valence-electron chi connectivity index (χ1n) is 6.62. The fourth-order valence-corrected chi connectivity index (χ4v) is 2.37. The van der Waals surface area contributed by atoms with Gasteiger partial charge < -0.3 is 9.30 Å². The molecule has 0 spiro atoms. The lowest BCUT2D eigenvalue weighted by molar-refractivity contribution is -0.143. The van der Waals surface area contributed by atoms with Crippen LogP contribution < -0.4 is 0 Å². The predicted octanol–water partition coefficient (Wildman–Crippen LogP) is 3.40. The topological polar surface area (TPSA) is 44.1 Å². The first-order valence-corrected chi connectivity index (χ1v) is 7.16. The zero-order chi connectivity index (χ0) is 15.4. The van der Waals surface area contributed by atoms with Gasteiger partial charge in [-0.1, -0.05) is 0 Å². The minimum atomic E-state index is -0.722. The van der Waals surface area contributed by atoms with Crippen LogP contribution in [0, 0.1) is 11.6 Å². The molecule has 2 aromatic rings. The lowest BCUT2D eigenvalue weighted by Crippen LogP contribution is -2.08. The first kappa shape index (κ1) is 15.7. The number of halogens is 3. The molecule has 2 rings (SSSR count). The lowest BCUT2D eigenvalue weighted by Gasteiger charge is -2.07. The van der Waals surface area contributed by atoms with Crippen LogP contribution in [0.4, 0.5) is 8.78 Å². The van der Waals surface area contributed by atoms with E-state index < -0.39 is 11.6 Å². The third-order valence-electron chi connectivity index (χ3n) is 3.04. The van der Waals surface area contributed by atoms with E-state index in [1.54, 1.807) is 11.5 Å². The number of imidazole rings is 1. The molecule has 114 valence electrons. The molecule has 1 aromatic carbocycles. The number of alkyl halides is 1. The van der Waals surface area contributed by atoms with Crippen molar-refractivity contribution in [2.24, 2.45) is 0 Å². The van der Waals surface area contributed by atoms with Gasteiger partial charge in [0.2, 0.25) is 0 Å². The number of esters is 1. The molecule has 7 heteroatoms. The molecular weight excluding hydrogens is 302 g/mol. The molecule has 0 atom stereocenters. The second kappa shape index (κ2) is 6.85. The van der Waals surface area contributed by atoms with Crippen LogP contribution in [0.15, 0.2) is 12.1 Å². The van der Waals surface area contributed by atoms with Crippen LogP contribution in [0.3, 0.4) is 0 Å². The van der Waals surface area contributed by atoms with Gasteiger partial charge in [-0.25, -0.2) is 13.8 Å². The number of nitrogens with zero attached hydrogens (tertiary/aromatic N) is 2. The van der Waals surface area contributed by atoms with Crippen LogP contribution in [-0.2, 0) is 22.0 Å². The standard InChI is InChI=1S/C14H15ClF2N2O2/c1-2-21-13(20)4-3-5-19-11-7-9(16)6-10(17)14(11)18-12(19)8-15/h6-7H,2-5,8H2,1H3. The number of hydrogen-bond donors (Lipinski definition) is 0. The predicted molar refractivity (Wildman–Crippen MR) is 75.1 cm³/mol. The van der Waals surface area contributed by atoms with Crippen LogP contribution in [0.25, 0.3) is 11.0 Å². The maximum absolute atomic E-state index is 13.7. The summed E-state index contributed by atoms with van der Waals surface area (Å²) in [5.74, 6) is -1.17. The zero-order valence-corrected chi connectivity index (χ0v) is 12.3. The number of ether oxygens (including phenoxy) is 1. The van der Waals surface area contributed by atoms with Crippen molar-refractivity contribution in [3.63, 3.8) is 0 Å². The first-order chi connectivity index (χ1) is 10.1. The molecule has 4 nitrogen and oxygen atoms in total. The van der Waals surface area contributed by atoms with Gasteiger partial charge in [-0.05, 0) is 19.4 Å². The number of carbonyl (C=O) groups excluding carboxylic acids is 1. The molecule has 0 N–H and O–H groups in total. The Hall–Kier alpha value is -1.69. The van der Waals surface area contributed by atoms with Gasteiger partial charge in [0.25, 0.3) is 0 Å². The summed E-state index contributed by atoms with van der Waals surface area (Å²) in [5, 5.41) is 0. The van der Waals surface area contributed by atoms with Gasteiger partial charge in [0.1, 0.15) is 17.2 Å². The van der Waals surface area contributed by atoms with E-state index in [1.807, 2.05) is 0 Å². The van der Waals surface area contributed by atoms with E-state index in [2.05, 4.69) is 4.98 Å². The molecule has 0 aliphatic heterocycles. The zero-order valence-electron chi connectivity index (χ0n) is 11.5. The van der Waals surface area contributed by atoms with Gasteiger partial charge in [-0.3, -0.25) is 4.79 Å². The molecular formula is C14H15ClF2N2O2. The minimum Gasteiger partial charge on any atom is -0.466 e. The second-order valence-corrected chi connectivity index (χ2v) is 4.74. The van der Waals surface area contributed by atoms with Gasteiger partial charge in [-0.15, -0.1) is 11.6 Å². The number of carbonyl (C=O) groups is 1. The molecule has 0 amide bonds. The molecule has 21 heavy (non-hydrogen) atoms. The monoisotopic (exact) mass is 316 g/mol. The molecule has 1 heterocycles. The Morgan fingerprint density at radius 3 is 2.86 bits per heavy atom. The van der Waals surface area contributed by atoms with Crippen molar-refractivity contribution < 1.29 is 18.3 Å². The average molecular weight is 317 g/mol. The quantitative estimate of drug-likeness (QED) is 0.606. The number of fused-ring (bicyclic) bond motifs is 1. The maximum atomic E-state index is 13.7. The summed E-state index contributed by atoms with van der Waals surface area (Å²) in [4.78, 5) is 15.4. The molecule has 1 aromatic heterocycles. The fourth-order valence-electron chi connectivity index (χ4n) is 2.16. The number of aryl methyl sites for hydroxylation is 1. The maximum Gasteiger partial charge on any atom is 0.305 e. The molecule has 0 aliphatic carbocycles. The molecule has 0 saturated heterocycles. The Bertz CT molecular complexity index is 658. The van der Waals surface area contributed by atoms with Gasteiger partial charge in [0.05, 0.1) is 18.0 Å². The molecule has 0 aliphatic rings. The van der Waals surface area contributed by atoms with Crippen LogP contribution in [0.5, 0.6) is 0 Å². The second-order valence-electron chi connectivity index (χ2n) is 4.48. The smallest absolute Gasteiger partial charge is 0.305 e. The summed E-state index contributed by atoms with van der Waals surface area (Å²) in [6.45, 7) is 2.45. The SMILES string of the molecule is CCOC(=O)CCCn1c(CCl)nc2c(F)cc(F)cc21. The molecule has 0 fully saturated rings. The molecule has 0 saturated carbocycles. The highest BCUT2D eigenvalue weighted by atomic mass is 35.5. The highest BCUT2D eigenvalue weighted by Gasteiger charge is 2.15. The van der Waals surface area contributed by atoms with E-state index in [0.717, 1.165) is 6.07 Å². The summed E-state index contributed by atoms with van der Waals surface area (Å²) in [7, 11) is 0. The van der Waals surface area contributed by atoms with Crippen molar-refractivity contribution in [1.29, 1.82) is 0 Å². The van der Waals surface area contributed by atoms with E-state index in [4.69, 9.17) is 16.3 Å². The van der Waals surface area contributed by atoms with Crippen molar-refractivity contribution in [2.75, 3.05) is 6.61 Å². The van der Waals surface area contributed by atoms with Crippen LogP contribution >= 0.6 is 11.6 Å². The number of rotatable bonds is 6. The van der Waals surface area contributed by atoms with Crippen LogP contribution in [-0.4, -0.2) is 22.1 Å². The summed E-state index contributed by atoms with van der Waals surface area (Å²) < 4.78 is 33.5. The van der Waals surface area contributed by atoms with E-state index in [-0.39, 0.29) is 23.8 Å². The number of aromatic nitrogens is 2. The fraction of sp³-hybridized carbons (Fsp3) is 0.429. The molecule has 0 radical (unpaired) electrons. The van der Waals surface area contributed by atoms with Crippen molar-refractivity contribution in [3.05, 3.63) is 29.6 Å². The Morgan fingerprint density at radius 1 is 1.43 bits per heavy atom. The van der Waals surface area contributed by atoms with Gasteiger partial charge in [-0.2, -0.15) is 0 Å². The van der Waals surface area contributed by atoms with E-state index in [0.29, 0.717) is 30.9 Å². The van der Waals surface area contributed by atoms with E-state index in [1.165, 1.54) is 6.07 Å². The Morgan fingerprint density at radius 2 is 2.19 bits per heavy atom. The Labute approximate surface area is 125 Å². The lowest BCUT2D eigenvalue weighted by atomic mass is 10.2. The van der Waals surface area contributed by atoms with E-state index >= 15 is 0 Å². The number of hydrogen-bond acceptors (Lipinski definition) is 3. The summed E-state index contributed by atoms with van der Waals surface area (Å²) >= 11 is 5.80. The summed E-state index contributed by atoms with van der Waals surface area (Å²) in [6.07, 6.45) is 0.708. The molecule has 0 bridgehead atoms. The van der Waals surface area contributed by atoms with E-state index in [9.17, 15) is 13.6 Å².